The minimum Gasteiger partial charge on any atom is -0.444 e. The van der Waals surface area contributed by atoms with E-state index in [1.807, 2.05) is 36.5 Å². The number of aromatic nitrogens is 2. The van der Waals surface area contributed by atoms with Gasteiger partial charge in [0.1, 0.15) is 11.6 Å². The van der Waals surface area contributed by atoms with E-state index in [9.17, 15) is 28.8 Å². The zero-order chi connectivity index (χ0) is 33.5. The average Bonchev–Trinajstić information content (AvgIpc) is 3.62. The predicted octanol–water partition coefficient (Wildman–Crippen LogP) is 2.71. The monoisotopic (exact) mass is 647 g/mol. The van der Waals surface area contributed by atoms with E-state index in [4.69, 9.17) is 4.74 Å². The third-order valence-corrected chi connectivity index (χ3v) is 9.25. The summed E-state index contributed by atoms with van der Waals surface area (Å²) in [6, 6.07) is 4.09. The molecule has 14 heteroatoms. The number of anilines is 1. The van der Waals surface area contributed by atoms with E-state index < -0.39 is 35.3 Å². The lowest BCUT2D eigenvalue weighted by molar-refractivity contribution is -0.138. The number of rotatable bonds is 6. The molecule has 4 aliphatic heterocycles. The topological polar surface area (TPSA) is 163 Å². The van der Waals surface area contributed by atoms with Crippen LogP contribution in [0.25, 0.3) is 0 Å². The summed E-state index contributed by atoms with van der Waals surface area (Å²) < 4.78 is 7.39. The molecule has 250 valence electrons. The molecule has 0 spiro atoms. The van der Waals surface area contributed by atoms with Crippen molar-refractivity contribution >= 4 is 41.3 Å². The third kappa shape index (κ3) is 6.72. The van der Waals surface area contributed by atoms with Gasteiger partial charge in [-0.05, 0) is 65.0 Å². The van der Waals surface area contributed by atoms with Crippen molar-refractivity contribution in [2.45, 2.75) is 83.5 Å². The highest BCUT2D eigenvalue weighted by atomic mass is 16.6. The Morgan fingerprint density at radius 3 is 2.34 bits per heavy atom. The van der Waals surface area contributed by atoms with E-state index in [0.717, 1.165) is 23.3 Å². The number of nitrogens with one attached hydrogen (secondary N) is 2. The summed E-state index contributed by atoms with van der Waals surface area (Å²) in [6.07, 6.45) is 6.35. The van der Waals surface area contributed by atoms with Crippen molar-refractivity contribution in [3.63, 3.8) is 0 Å². The Morgan fingerprint density at radius 2 is 1.66 bits per heavy atom. The summed E-state index contributed by atoms with van der Waals surface area (Å²) in [7, 11) is 0. The Kier molecular flexibility index (Phi) is 8.77. The molecule has 3 saturated heterocycles. The number of amides is 6. The highest BCUT2D eigenvalue weighted by molar-refractivity contribution is 6.25. The number of hydrogen-bond donors (Lipinski definition) is 2. The van der Waals surface area contributed by atoms with E-state index in [0.29, 0.717) is 51.3 Å². The maximum absolute atomic E-state index is 13.4. The fourth-order valence-electron chi connectivity index (χ4n) is 6.77. The van der Waals surface area contributed by atoms with E-state index in [1.165, 1.54) is 0 Å². The lowest BCUT2D eigenvalue weighted by Crippen LogP contribution is -2.54. The molecule has 4 aliphatic rings. The molecule has 0 radical (unpaired) electrons. The molecule has 3 fully saturated rings. The Morgan fingerprint density at radius 1 is 0.957 bits per heavy atom. The van der Waals surface area contributed by atoms with E-state index in [2.05, 4.69) is 15.7 Å². The first-order valence-corrected chi connectivity index (χ1v) is 16.3. The lowest BCUT2D eigenvalue weighted by Gasteiger charge is -2.37. The van der Waals surface area contributed by atoms with Crippen LogP contribution in [0.3, 0.4) is 0 Å². The normalized spacial score (nSPS) is 21.2. The van der Waals surface area contributed by atoms with Crippen LogP contribution >= 0.6 is 0 Å². The molecular formula is C33H41N7O7. The molecule has 0 aliphatic carbocycles. The van der Waals surface area contributed by atoms with E-state index in [1.54, 1.807) is 29.3 Å². The number of imide groups is 2. The molecule has 2 aromatic rings. The first-order valence-electron chi connectivity index (χ1n) is 16.3. The van der Waals surface area contributed by atoms with Crippen LogP contribution in [0.15, 0.2) is 30.6 Å². The van der Waals surface area contributed by atoms with Gasteiger partial charge in [-0.15, -0.1) is 0 Å². The number of fused-ring (bicyclic) bond motifs is 1. The number of ether oxygens (including phenoxy) is 1. The molecule has 1 atom stereocenters. The SMILES string of the molecule is CC(C)(C)OC(=O)N1CCC(C(=O)N2CCC(n3cc(CNc4cccc5c4C(=O)N(C4CCC(=O)NC4=O)C5=O)cn3)CC2)CC1. The molecule has 0 saturated carbocycles. The van der Waals surface area contributed by atoms with Gasteiger partial charge in [0.05, 0.1) is 23.4 Å². The molecule has 14 nitrogen and oxygen atoms in total. The highest BCUT2D eigenvalue weighted by Crippen LogP contribution is 2.33. The predicted molar refractivity (Wildman–Crippen MR) is 168 cm³/mol. The largest absolute Gasteiger partial charge is 0.444 e. The van der Waals surface area contributed by atoms with Crippen LogP contribution in [0.4, 0.5) is 10.5 Å². The molecule has 47 heavy (non-hydrogen) atoms. The first kappa shape index (κ1) is 32.2. The minimum atomic E-state index is -1.02. The summed E-state index contributed by atoms with van der Waals surface area (Å²) in [5, 5.41) is 10.0. The van der Waals surface area contributed by atoms with Gasteiger partial charge in [0.25, 0.3) is 11.8 Å². The van der Waals surface area contributed by atoms with Crippen molar-refractivity contribution in [1.82, 2.24) is 29.8 Å². The van der Waals surface area contributed by atoms with Gasteiger partial charge in [-0.3, -0.25) is 38.9 Å². The lowest BCUT2D eigenvalue weighted by atomic mass is 9.94. The second kappa shape index (κ2) is 12.8. The van der Waals surface area contributed by atoms with Crippen molar-refractivity contribution in [2.24, 2.45) is 5.92 Å². The summed E-state index contributed by atoms with van der Waals surface area (Å²) in [4.78, 5) is 80.7. The van der Waals surface area contributed by atoms with Crippen LogP contribution < -0.4 is 10.6 Å². The average molecular weight is 648 g/mol. The highest BCUT2D eigenvalue weighted by Gasteiger charge is 2.45. The summed E-state index contributed by atoms with van der Waals surface area (Å²) in [6.45, 7) is 8.19. The number of carbonyl (C=O) groups excluding carboxylic acids is 6. The van der Waals surface area contributed by atoms with Gasteiger partial charge in [-0.2, -0.15) is 5.10 Å². The van der Waals surface area contributed by atoms with Gasteiger partial charge >= 0.3 is 6.09 Å². The number of nitrogens with zero attached hydrogens (tertiary/aromatic N) is 5. The smallest absolute Gasteiger partial charge is 0.410 e. The Balaban J connectivity index is 1.00. The van der Waals surface area contributed by atoms with Gasteiger partial charge in [-0.1, -0.05) is 6.07 Å². The Labute approximate surface area is 272 Å². The third-order valence-electron chi connectivity index (χ3n) is 9.25. The fraction of sp³-hybridized carbons (Fsp3) is 0.545. The molecule has 0 bridgehead atoms. The van der Waals surface area contributed by atoms with Gasteiger partial charge in [-0.25, -0.2) is 4.79 Å². The quantitative estimate of drug-likeness (QED) is 0.449. The molecule has 6 amide bonds. The number of likely N-dealkylation sites (tertiary alicyclic amines) is 2. The van der Waals surface area contributed by atoms with Crippen molar-refractivity contribution in [3.05, 3.63) is 47.3 Å². The molecule has 1 aromatic heterocycles. The van der Waals surface area contributed by atoms with E-state index >= 15 is 0 Å². The maximum Gasteiger partial charge on any atom is 0.410 e. The second-order valence-electron chi connectivity index (χ2n) is 13.7. The summed E-state index contributed by atoms with van der Waals surface area (Å²) in [5.41, 5.74) is 1.24. The van der Waals surface area contributed by atoms with Gasteiger partial charge in [0.2, 0.25) is 17.7 Å². The minimum absolute atomic E-state index is 0.0605. The summed E-state index contributed by atoms with van der Waals surface area (Å²) >= 11 is 0. The number of carbonyl (C=O) groups is 6. The van der Waals surface area contributed by atoms with Crippen molar-refractivity contribution < 1.29 is 33.5 Å². The Hall–Kier alpha value is -4.75. The number of hydrogen-bond acceptors (Lipinski definition) is 9. The van der Waals surface area contributed by atoms with Crippen molar-refractivity contribution in [1.29, 1.82) is 0 Å². The van der Waals surface area contributed by atoms with Gasteiger partial charge in [0, 0.05) is 62.5 Å². The van der Waals surface area contributed by atoms with Crippen LogP contribution in [0.1, 0.15) is 91.6 Å². The summed E-state index contributed by atoms with van der Waals surface area (Å²) in [5.74, 6) is -2.12. The molecule has 6 rings (SSSR count). The van der Waals surface area contributed by atoms with Gasteiger partial charge < -0.3 is 19.9 Å². The van der Waals surface area contributed by atoms with Crippen LogP contribution in [0, 0.1) is 5.92 Å². The van der Waals surface area contributed by atoms with Crippen molar-refractivity contribution in [2.75, 3.05) is 31.5 Å². The van der Waals surface area contributed by atoms with E-state index in [-0.39, 0.29) is 47.9 Å². The molecule has 1 unspecified atom stereocenters. The first-order chi connectivity index (χ1) is 22.4. The zero-order valence-electron chi connectivity index (χ0n) is 27.0. The molecule has 5 heterocycles. The van der Waals surface area contributed by atoms with Crippen LogP contribution in [-0.2, 0) is 25.7 Å². The van der Waals surface area contributed by atoms with Crippen LogP contribution in [0.5, 0.6) is 0 Å². The number of piperidine rings is 3. The molecular weight excluding hydrogens is 606 g/mol. The number of benzene rings is 1. The van der Waals surface area contributed by atoms with Gasteiger partial charge in [0.15, 0.2) is 0 Å². The standard InChI is InChI=1S/C33H41N7O7/c1-33(2,3)47-32(46)38-13-9-21(10-14-38)29(43)37-15-11-22(12-16-37)39-19-20(18-35-39)17-34-24-6-4-5-23-27(24)31(45)40(30(23)44)25-7-8-26(41)36-28(25)42/h4-6,18-19,21-22,25,34H,7-17H2,1-3H3,(H,36,41,42). The molecule has 1 aromatic carbocycles. The second-order valence-corrected chi connectivity index (χ2v) is 13.7. The molecule has 2 N–H and O–H groups in total. The zero-order valence-corrected chi connectivity index (χ0v) is 27.0. The van der Waals surface area contributed by atoms with Crippen molar-refractivity contribution in [3.8, 4) is 0 Å². The Bertz CT molecular complexity index is 1600. The fourth-order valence-corrected chi connectivity index (χ4v) is 6.77. The van der Waals surface area contributed by atoms with Crippen LogP contribution in [-0.4, -0.2) is 97.9 Å². The maximum atomic E-state index is 13.4. The van der Waals surface area contributed by atoms with Crippen LogP contribution in [0.2, 0.25) is 0 Å².